The number of methoxy groups -OCH3 is 1. The molecule has 0 saturated carbocycles. The number of benzene rings is 1. The number of hydrogen-bond donors (Lipinski definition) is 0. The van der Waals surface area contributed by atoms with Crippen molar-refractivity contribution >= 4 is 10.0 Å². The van der Waals surface area contributed by atoms with Crippen molar-refractivity contribution in [2.75, 3.05) is 26.8 Å². The Labute approximate surface area is 126 Å². The van der Waals surface area contributed by atoms with Crippen LogP contribution in [0.4, 0.5) is 0 Å². The van der Waals surface area contributed by atoms with Gasteiger partial charge in [-0.25, -0.2) is 8.42 Å². The average Bonchev–Trinajstić information content (AvgIpc) is 2.51. The Morgan fingerprint density at radius 3 is 2.86 bits per heavy atom. The topological polar surface area (TPSA) is 55.8 Å². The summed E-state index contributed by atoms with van der Waals surface area (Å²) in [7, 11) is -2.03. The fourth-order valence-corrected chi connectivity index (χ4v) is 3.68. The van der Waals surface area contributed by atoms with E-state index in [2.05, 4.69) is 0 Å². The van der Waals surface area contributed by atoms with Crippen molar-refractivity contribution in [3.63, 3.8) is 0 Å². The van der Waals surface area contributed by atoms with E-state index in [0.717, 1.165) is 12.8 Å². The molecule has 1 aliphatic heterocycles. The maximum Gasteiger partial charge on any atom is 0.247 e. The molecular weight excluding hydrogens is 290 g/mol. The molecule has 2 rings (SSSR count). The standard InChI is InChI=1S/C15H21NO4S/c1-3-16-10-6-4-5-7-11-20-14-12-13(19-2)8-9-15(14)21(16,17)18/h4,6,8-9,12H,3,5,7,10-11H2,1-2H3. The van der Waals surface area contributed by atoms with Crippen LogP contribution in [-0.4, -0.2) is 39.5 Å². The summed E-state index contributed by atoms with van der Waals surface area (Å²) in [6.07, 6.45) is 5.61. The van der Waals surface area contributed by atoms with E-state index in [1.807, 2.05) is 19.1 Å². The summed E-state index contributed by atoms with van der Waals surface area (Å²) in [5, 5.41) is 0. The van der Waals surface area contributed by atoms with Gasteiger partial charge in [0.25, 0.3) is 0 Å². The molecule has 21 heavy (non-hydrogen) atoms. The van der Waals surface area contributed by atoms with Gasteiger partial charge in [-0.15, -0.1) is 0 Å². The van der Waals surface area contributed by atoms with Gasteiger partial charge in [0.15, 0.2) is 0 Å². The zero-order chi connectivity index (χ0) is 15.3. The molecule has 116 valence electrons. The lowest BCUT2D eigenvalue weighted by Gasteiger charge is -2.20. The first-order valence-electron chi connectivity index (χ1n) is 7.05. The van der Waals surface area contributed by atoms with Crippen molar-refractivity contribution in [2.24, 2.45) is 0 Å². The second-order valence-corrected chi connectivity index (χ2v) is 6.64. The molecule has 0 atom stereocenters. The zero-order valence-corrected chi connectivity index (χ0v) is 13.2. The van der Waals surface area contributed by atoms with Crippen LogP contribution in [0, 0.1) is 0 Å². The monoisotopic (exact) mass is 311 g/mol. The van der Waals surface area contributed by atoms with E-state index < -0.39 is 10.0 Å². The molecule has 1 aromatic rings. The van der Waals surface area contributed by atoms with Crippen LogP contribution in [-0.2, 0) is 10.0 Å². The maximum atomic E-state index is 12.8. The second-order valence-electron chi connectivity index (χ2n) is 4.73. The highest BCUT2D eigenvalue weighted by atomic mass is 32.2. The number of hydrogen-bond acceptors (Lipinski definition) is 4. The van der Waals surface area contributed by atoms with Crippen LogP contribution in [0.15, 0.2) is 35.2 Å². The van der Waals surface area contributed by atoms with Gasteiger partial charge < -0.3 is 9.47 Å². The lowest BCUT2D eigenvalue weighted by atomic mass is 10.3. The van der Waals surface area contributed by atoms with Gasteiger partial charge in [-0.2, -0.15) is 4.31 Å². The van der Waals surface area contributed by atoms with Gasteiger partial charge in [-0.3, -0.25) is 0 Å². The normalized spacial score (nSPS) is 19.1. The van der Waals surface area contributed by atoms with E-state index in [4.69, 9.17) is 9.47 Å². The summed E-state index contributed by atoms with van der Waals surface area (Å²) in [5.41, 5.74) is 0. The van der Waals surface area contributed by atoms with Crippen molar-refractivity contribution in [3.8, 4) is 11.5 Å². The Balaban J connectivity index is 2.50. The minimum atomic E-state index is -3.57. The van der Waals surface area contributed by atoms with Gasteiger partial charge in [0, 0.05) is 19.2 Å². The summed E-state index contributed by atoms with van der Waals surface area (Å²) in [4.78, 5) is 0.195. The zero-order valence-electron chi connectivity index (χ0n) is 12.4. The molecule has 0 N–H and O–H groups in total. The van der Waals surface area contributed by atoms with Gasteiger partial charge >= 0.3 is 0 Å². The number of sulfonamides is 1. The fraction of sp³-hybridized carbons (Fsp3) is 0.467. The van der Waals surface area contributed by atoms with Gasteiger partial charge in [0.05, 0.1) is 13.7 Å². The van der Waals surface area contributed by atoms with Crippen LogP contribution >= 0.6 is 0 Å². The fourth-order valence-electron chi connectivity index (χ4n) is 2.17. The summed E-state index contributed by atoms with van der Waals surface area (Å²) < 4.78 is 37.8. The first kappa shape index (κ1) is 15.9. The van der Waals surface area contributed by atoms with Gasteiger partial charge in [0.2, 0.25) is 10.0 Å². The van der Waals surface area contributed by atoms with Crippen LogP contribution in [0.5, 0.6) is 11.5 Å². The molecule has 0 amide bonds. The number of likely N-dealkylation sites (N-methyl/N-ethyl adjacent to an activating group) is 1. The molecule has 0 unspecified atom stereocenters. The van der Waals surface area contributed by atoms with Crippen molar-refractivity contribution in [3.05, 3.63) is 30.4 Å². The lowest BCUT2D eigenvalue weighted by Crippen LogP contribution is -2.31. The SMILES string of the molecule is CCN1CC=CCCCOc2cc(OC)ccc2S1(=O)=O. The van der Waals surface area contributed by atoms with Crippen LogP contribution in [0.3, 0.4) is 0 Å². The van der Waals surface area contributed by atoms with Crippen LogP contribution < -0.4 is 9.47 Å². The third-order valence-corrected chi connectivity index (χ3v) is 5.35. The van der Waals surface area contributed by atoms with Gasteiger partial charge in [-0.1, -0.05) is 19.1 Å². The van der Waals surface area contributed by atoms with E-state index in [1.54, 1.807) is 25.3 Å². The molecular formula is C15H21NO4S. The molecule has 0 aliphatic carbocycles. The van der Waals surface area contributed by atoms with Crippen LogP contribution in [0.25, 0.3) is 0 Å². The Morgan fingerprint density at radius 2 is 2.14 bits per heavy atom. The Bertz CT molecular complexity index is 610. The highest BCUT2D eigenvalue weighted by Crippen LogP contribution is 2.31. The van der Waals surface area contributed by atoms with Gasteiger partial charge in [-0.05, 0) is 25.0 Å². The molecule has 0 bridgehead atoms. The number of allylic oxidation sites excluding steroid dienone is 1. The number of rotatable bonds is 2. The first-order chi connectivity index (χ1) is 10.1. The van der Waals surface area contributed by atoms with Gasteiger partial charge in [0.1, 0.15) is 16.4 Å². The molecule has 1 aliphatic rings. The molecule has 0 radical (unpaired) electrons. The third kappa shape index (κ3) is 3.57. The van der Waals surface area contributed by atoms with Crippen LogP contribution in [0.1, 0.15) is 19.8 Å². The molecule has 5 nitrogen and oxygen atoms in total. The van der Waals surface area contributed by atoms with E-state index in [1.165, 1.54) is 4.31 Å². The second kappa shape index (κ2) is 6.95. The smallest absolute Gasteiger partial charge is 0.247 e. The van der Waals surface area contributed by atoms with E-state index in [-0.39, 0.29) is 4.90 Å². The van der Waals surface area contributed by atoms with Crippen molar-refractivity contribution in [2.45, 2.75) is 24.7 Å². The maximum absolute atomic E-state index is 12.8. The summed E-state index contributed by atoms with van der Waals surface area (Å²) >= 11 is 0. The van der Waals surface area contributed by atoms with Crippen molar-refractivity contribution < 1.29 is 17.9 Å². The minimum Gasteiger partial charge on any atom is -0.497 e. The number of fused-ring (bicyclic) bond motifs is 1. The molecule has 0 saturated heterocycles. The summed E-state index contributed by atoms with van der Waals surface area (Å²) in [5.74, 6) is 0.940. The highest BCUT2D eigenvalue weighted by Gasteiger charge is 2.26. The predicted molar refractivity (Wildman–Crippen MR) is 81.3 cm³/mol. The molecule has 0 spiro atoms. The third-order valence-electron chi connectivity index (χ3n) is 3.37. The highest BCUT2D eigenvalue weighted by molar-refractivity contribution is 7.89. The Kier molecular flexibility index (Phi) is 5.25. The molecule has 1 heterocycles. The van der Waals surface area contributed by atoms with Crippen molar-refractivity contribution in [1.29, 1.82) is 0 Å². The number of nitrogens with zero attached hydrogens (tertiary/aromatic N) is 1. The largest absolute Gasteiger partial charge is 0.497 e. The van der Waals surface area contributed by atoms with E-state index in [0.29, 0.717) is 31.2 Å². The predicted octanol–water partition coefficient (Wildman–Crippen LogP) is 2.43. The van der Waals surface area contributed by atoms with Crippen LogP contribution in [0.2, 0.25) is 0 Å². The number of ether oxygens (including phenoxy) is 2. The quantitative estimate of drug-likeness (QED) is 0.787. The van der Waals surface area contributed by atoms with Crippen molar-refractivity contribution in [1.82, 2.24) is 4.31 Å². The summed E-state index contributed by atoms with van der Waals surface area (Å²) in [6, 6.07) is 4.82. The average molecular weight is 311 g/mol. The Morgan fingerprint density at radius 1 is 1.33 bits per heavy atom. The molecule has 1 aromatic carbocycles. The van der Waals surface area contributed by atoms with E-state index in [9.17, 15) is 8.42 Å². The molecule has 6 heteroatoms. The first-order valence-corrected chi connectivity index (χ1v) is 8.49. The molecule has 0 fully saturated rings. The Hall–Kier alpha value is -1.53. The lowest BCUT2D eigenvalue weighted by molar-refractivity contribution is 0.301. The minimum absolute atomic E-state index is 0.195. The molecule has 0 aromatic heterocycles. The van der Waals surface area contributed by atoms with E-state index >= 15 is 0 Å². The summed E-state index contributed by atoms with van der Waals surface area (Å²) in [6.45, 7) is 3.10.